The highest BCUT2D eigenvalue weighted by Gasteiger charge is 2.19. The summed E-state index contributed by atoms with van der Waals surface area (Å²) in [4.78, 5) is 0. The molecule has 0 nitrogen and oxygen atoms in total. The zero-order valence-electron chi connectivity index (χ0n) is 32.0. The van der Waals surface area contributed by atoms with Crippen molar-refractivity contribution in [2.75, 3.05) is 0 Å². The van der Waals surface area contributed by atoms with Crippen LogP contribution >= 0.6 is 0 Å². The van der Waals surface area contributed by atoms with Crippen LogP contribution in [-0.4, -0.2) is 0 Å². The molecule has 0 bridgehead atoms. The molecule has 0 spiro atoms. The predicted octanol–water partition coefficient (Wildman–Crippen LogP) is 15.9. The Morgan fingerprint density at radius 1 is 0.250 bits per heavy atom. The molecule has 0 unspecified atom stereocenters. The minimum atomic E-state index is 0.513. The molecule has 9 aromatic rings. The van der Waals surface area contributed by atoms with Crippen molar-refractivity contribution in [1.29, 1.82) is 0 Å². The normalized spacial score (nSPS) is 12.2. The highest BCUT2D eigenvalue weighted by atomic mass is 14.2. The molecule has 0 aromatic heterocycles. The molecule has 0 heteroatoms. The average Bonchev–Trinajstić information content (AvgIpc) is 3.15. The molecule has 0 saturated carbocycles. The lowest BCUT2D eigenvalue weighted by molar-refractivity contribution is 0.854. The summed E-state index contributed by atoms with van der Waals surface area (Å²) in [6.45, 7) is 18.4. The van der Waals surface area contributed by atoms with Crippen LogP contribution in [0.3, 0.4) is 0 Å². The fraction of sp³-hybridized carbons (Fsp3) is 0.231. The number of fused-ring (bicyclic) bond motifs is 4. The van der Waals surface area contributed by atoms with Crippen molar-refractivity contribution in [3.8, 4) is 11.1 Å². The molecule has 9 aromatic carbocycles. The van der Waals surface area contributed by atoms with Gasteiger partial charge in [0.1, 0.15) is 0 Å². The van der Waals surface area contributed by atoms with E-state index in [1.807, 2.05) is 0 Å². The molecule has 9 rings (SSSR count). The van der Waals surface area contributed by atoms with Gasteiger partial charge in [-0.3, -0.25) is 0 Å². The molecule has 0 N–H and O–H groups in total. The fourth-order valence-electron chi connectivity index (χ4n) is 8.87. The number of hydrogen-bond acceptors (Lipinski definition) is 0. The van der Waals surface area contributed by atoms with Gasteiger partial charge in [0.25, 0.3) is 0 Å². The van der Waals surface area contributed by atoms with Crippen LogP contribution in [0.25, 0.3) is 75.8 Å². The summed E-state index contributed by atoms with van der Waals surface area (Å²) in [6, 6.07) is 49.7. The van der Waals surface area contributed by atoms with Crippen molar-refractivity contribution in [3.05, 3.63) is 156 Å². The van der Waals surface area contributed by atoms with E-state index >= 15 is 0 Å². The summed E-state index contributed by atoms with van der Waals surface area (Å²) < 4.78 is 0. The lowest BCUT2D eigenvalue weighted by Crippen LogP contribution is -1.98. The fourth-order valence-corrected chi connectivity index (χ4v) is 8.87. The molecule has 0 aliphatic carbocycles. The van der Waals surface area contributed by atoms with Crippen molar-refractivity contribution in [2.24, 2.45) is 0 Å². The summed E-state index contributed by atoms with van der Waals surface area (Å²) in [5, 5.41) is 16.7. The zero-order valence-corrected chi connectivity index (χ0v) is 32.0. The second-order valence-electron chi connectivity index (χ2n) is 16.0. The van der Waals surface area contributed by atoms with Crippen LogP contribution in [-0.2, 0) is 0 Å². The molecule has 0 aliphatic heterocycles. The maximum Gasteiger partial charge on any atom is -0.00206 e. The van der Waals surface area contributed by atoms with Crippen LogP contribution in [0.15, 0.2) is 133 Å². The number of rotatable bonds is 5. The summed E-state index contributed by atoms with van der Waals surface area (Å²) in [6.07, 6.45) is 0. The van der Waals surface area contributed by atoms with Crippen LogP contribution in [0.1, 0.15) is 101 Å². The summed E-state index contributed by atoms with van der Waals surface area (Å²) in [5.41, 5.74) is 8.51. The first-order chi connectivity index (χ1) is 25.2. The van der Waals surface area contributed by atoms with Crippen molar-refractivity contribution in [3.63, 3.8) is 0 Å². The molecule has 0 fully saturated rings. The summed E-state index contributed by atoms with van der Waals surface area (Å²) in [5.74, 6) is 2.06. The van der Waals surface area contributed by atoms with E-state index < -0.39 is 0 Å². The Bertz CT molecular complexity index is 2620. The quantitative estimate of drug-likeness (QED) is 0.126. The van der Waals surface area contributed by atoms with Gasteiger partial charge in [-0.1, -0.05) is 189 Å². The van der Waals surface area contributed by atoms with Crippen molar-refractivity contribution >= 4 is 64.6 Å². The first-order valence-corrected chi connectivity index (χ1v) is 19.3. The van der Waals surface area contributed by atoms with Crippen LogP contribution < -0.4 is 0 Å². The molecule has 52 heavy (non-hydrogen) atoms. The van der Waals surface area contributed by atoms with E-state index in [1.165, 1.54) is 98.0 Å². The minimum Gasteiger partial charge on any atom is -0.0616 e. The van der Waals surface area contributed by atoms with E-state index in [2.05, 4.69) is 189 Å². The average molecular weight is 675 g/mol. The van der Waals surface area contributed by atoms with E-state index in [0.717, 1.165) is 0 Å². The standard InChI is InChI=1S/C26H24.C26H26/c1-15(2)18-11-13-22-20-9-5-7-17-8-6-10-21(24(17)20)23-14-12-19(16(3)4)25(18)26(22)23;1-17(2)20-12-8-14-25-24(16-15-21(18(3)4)26(20)25)23-13-7-10-19-9-5-6-11-22(19)23/h5-16H,1-4H3;5-18H,1-4H3. The van der Waals surface area contributed by atoms with Gasteiger partial charge in [-0.05, 0) is 122 Å². The van der Waals surface area contributed by atoms with Gasteiger partial charge in [0, 0.05) is 0 Å². The van der Waals surface area contributed by atoms with E-state index in [1.54, 1.807) is 0 Å². The van der Waals surface area contributed by atoms with Crippen molar-refractivity contribution < 1.29 is 0 Å². The minimum absolute atomic E-state index is 0.513. The Kier molecular flexibility index (Phi) is 8.75. The van der Waals surface area contributed by atoms with Gasteiger partial charge in [0.2, 0.25) is 0 Å². The zero-order chi connectivity index (χ0) is 36.3. The van der Waals surface area contributed by atoms with Crippen molar-refractivity contribution in [2.45, 2.75) is 79.1 Å². The summed E-state index contributed by atoms with van der Waals surface area (Å²) >= 11 is 0. The third kappa shape index (κ3) is 5.52. The van der Waals surface area contributed by atoms with E-state index in [4.69, 9.17) is 0 Å². The third-order valence-electron chi connectivity index (χ3n) is 11.4. The Morgan fingerprint density at radius 3 is 1.27 bits per heavy atom. The Morgan fingerprint density at radius 2 is 0.654 bits per heavy atom. The Balaban J connectivity index is 0.000000149. The van der Waals surface area contributed by atoms with Gasteiger partial charge in [-0.25, -0.2) is 0 Å². The molecule has 258 valence electrons. The largest absolute Gasteiger partial charge is 0.0616 e. The first kappa shape index (κ1) is 33.9. The van der Waals surface area contributed by atoms with E-state index in [0.29, 0.717) is 23.7 Å². The highest BCUT2D eigenvalue weighted by molar-refractivity contribution is 6.33. The second kappa shape index (κ2) is 13.4. The Labute approximate surface area is 309 Å². The molecule has 0 aliphatic rings. The molecule has 0 amide bonds. The first-order valence-electron chi connectivity index (χ1n) is 19.3. The third-order valence-corrected chi connectivity index (χ3v) is 11.4. The lowest BCUT2D eigenvalue weighted by atomic mass is 9.82. The van der Waals surface area contributed by atoms with Crippen molar-refractivity contribution in [1.82, 2.24) is 0 Å². The van der Waals surface area contributed by atoms with Gasteiger partial charge in [0.15, 0.2) is 0 Å². The topological polar surface area (TPSA) is 0 Å². The predicted molar refractivity (Wildman–Crippen MR) is 231 cm³/mol. The molecule has 0 saturated heterocycles. The molecule has 0 atom stereocenters. The molecular weight excluding hydrogens is 625 g/mol. The SMILES string of the molecule is CC(C)c1ccc2c3cccc4cccc(c5ccc(C(C)C)c1c25)c43.CC(C)c1cccc2c(-c3cccc4ccccc34)ccc(C(C)C)c12. The van der Waals surface area contributed by atoms with Gasteiger partial charge in [0.05, 0.1) is 0 Å². The van der Waals surface area contributed by atoms with E-state index in [9.17, 15) is 0 Å². The van der Waals surface area contributed by atoms with Gasteiger partial charge < -0.3 is 0 Å². The van der Waals surface area contributed by atoms with Gasteiger partial charge >= 0.3 is 0 Å². The maximum absolute atomic E-state index is 2.37. The monoisotopic (exact) mass is 674 g/mol. The highest BCUT2D eigenvalue weighted by Crippen LogP contribution is 2.45. The van der Waals surface area contributed by atoms with Crippen LogP contribution in [0.2, 0.25) is 0 Å². The van der Waals surface area contributed by atoms with Gasteiger partial charge in [-0.15, -0.1) is 0 Å². The molecule has 0 heterocycles. The van der Waals surface area contributed by atoms with Crippen LogP contribution in [0, 0.1) is 0 Å². The van der Waals surface area contributed by atoms with Crippen LogP contribution in [0.5, 0.6) is 0 Å². The summed E-state index contributed by atoms with van der Waals surface area (Å²) in [7, 11) is 0. The van der Waals surface area contributed by atoms with Gasteiger partial charge in [-0.2, -0.15) is 0 Å². The van der Waals surface area contributed by atoms with Crippen LogP contribution in [0.4, 0.5) is 0 Å². The smallest absolute Gasteiger partial charge is 0.00206 e. The second-order valence-corrected chi connectivity index (χ2v) is 16.0. The van der Waals surface area contributed by atoms with E-state index in [-0.39, 0.29) is 0 Å². The molecule has 0 radical (unpaired) electrons. The molecular formula is C52H50. The number of hydrogen-bond donors (Lipinski definition) is 0. The maximum atomic E-state index is 2.37. The Hall–Kier alpha value is -5.20. The number of benzene rings is 9. The lowest BCUT2D eigenvalue weighted by Gasteiger charge is -2.21.